The molecule has 0 aliphatic rings. The van der Waals surface area contributed by atoms with Crippen molar-refractivity contribution in [2.45, 2.75) is 52.6 Å². The second-order valence-corrected chi connectivity index (χ2v) is 6.49. The maximum absolute atomic E-state index is 11.7. The molecule has 0 saturated carbocycles. The van der Waals surface area contributed by atoms with E-state index in [0.717, 1.165) is 6.42 Å². The van der Waals surface area contributed by atoms with Crippen molar-refractivity contribution in [3.05, 3.63) is 28.2 Å². The first-order chi connectivity index (χ1) is 10.8. The molecule has 6 heteroatoms. The van der Waals surface area contributed by atoms with Crippen LogP contribution in [-0.2, 0) is 14.3 Å². The summed E-state index contributed by atoms with van der Waals surface area (Å²) in [6, 6.07) is 4.57. The number of carbonyl (C=O) groups is 2. The molecule has 0 spiro atoms. The molecule has 0 saturated heterocycles. The minimum atomic E-state index is -0.438. The van der Waals surface area contributed by atoms with Gasteiger partial charge in [0.1, 0.15) is 11.9 Å². The predicted octanol–water partition coefficient (Wildman–Crippen LogP) is 5.05. The third-order valence-electron chi connectivity index (χ3n) is 3.26. The summed E-state index contributed by atoms with van der Waals surface area (Å²) in [5.74, 6) is -0.154. The summed E-state index contributed by atoms with van der Waals surface area (Å²) in [4.78, 5) is 23.5. The van der Waals surface area contributed by atoms with Crippen molar-refractivity contribution < 1.29 is 19.1 Å². The molecule has 0 aliphatic heterocycles. The van der Waals surface area contributed by atoms with Gasteiger partial charge in [-0.1, -0.05) is 44.0 Å². The van der Waals surface area contributed by atoms with Gasteiger partial charge in [-0.25, -0.2) is 0 Å². The Labute approximate surface area is 147 Å². The van der Waals surface area contributed by atoms with Crippen molar-refractivity contribution in [1.82, 2.24) is 0 Å². The molecular weight excluding hydrogens is 339 g/mol. The molecule has 0 aromatic heterocycles. The van der Waals surface area contributed by atoms with Gasteiger partial charge in [0, 0.05) is 22.9 Å². The van der Waals surface area contributed by atoms with Gasteiger partial charge < -0.3 is 9.47 Å². The molecule has 0 N–H and O–H groups in total. The van der Waals surface area contributed by atoms with E-state index in [-0.39, 0.29) is 30.8 Å². The highest BCUT2D eigenvalue weighted by atomic mass is 35.5. The lowest BCUT2D eigenvalue weighted by Crippen LogP contribution is -2.22. The molecule has 4 nitrogen and oxygen atoms in total. The Kier molecular flexibility index (Phi) is 8.42. The van der Waals surface area contributed by atoms with E-state index in [9.17, 15) is 9.59 Å². The van der Waals surface area contributed by atoms with E-state index in [1.807, 2.05) is 20.8 Å². The van der Waals surface area contributed by atoms with E-state index in [2.05, 4.69) is 0 Å². The first kappa shape index (κ1) is 19.8. The number of hydrogen-bond acceptors (Lipinski definition) is 4. The molecule has 1 atom stereocenters. The van der Waals surface area contributed by atoms with Crippen molar-refractivity contribution in [3.8, 4) is 5.75 Å². The molecule has 1 rings (SSSR count). The lowest BCUT2D eigenvalue weighted by Gasteiger charge is -2.19. The summed E-state index contributed by atoms with van der Waals surface area (Å²) in [6.07, 6.45) is 1.39. The van der Waals surface area contributed by atoms with Crippen LogP contribution in [0.5, 0.6) is 5.75 Å². The molecule has 1 unspecified atom stereocenters. The number of benzene rings is 1. The highest BCUT2D eigenvalue weighted by Gasteiger charge is 2.16. The molecule has 0 radical (unpaired) electrons. The Hall–Kier alpha value is -1.26. The van der Waals surface area contributed by atoms with Crippen LogP contribution in [0.15, 0.2) is 18.2 Å². The van der Waals surface area contributed by atoms with Gasteiger partial charge in [-0.2, -0.15) is 0 Å². The second kappa shape index (κ2) is 9.78. The average molecular weight is 361 g/mol. The van der Waals surface area contributed by atoms with Crippen molar-refractivity contribution in [2.75, 3.05) is 0 Å². The third-order valence-corrected chi connectivity index (χ3v) is 3.69. The molecule has 128 valence electrons. The fourth-order valence-electron chi connectivity index (χ4n) is 2.07. The molecule has 0 aliphatic carbocycles. The number of ether oxygens (including phenoxy) is 2. The Balaban J connectivity index is 2.35. The first-order valence-corrected chi connectivity index (χ1v) is 8.43. The number of rotatable bonds is 8. The van der Waals surface area contributed by atoms with Crippen molar-refractivity contribution >= 4 is 35.1 Å². The smallest absolute Gasteiger partial charge is 0.311 e. The molecule has 0 heterocycles. The van der Waals surface area contributed by atoms with Crippen LogP contribution in [-0.4, -0.2) is 18.0 Å². The lowest BCUT2D eigenvalue weighted by atomic mass is 10.1. The van der Waals surface area contributed by atoms with Gasteiger partial charge in [0.05, 0.1) is 0 Å². The number of halogens is 2. The van der Waals surface area contributed by atoms with Gasteiger partial charge in [-0.15, -0.1) is 0 Å². The molecule has 0 fully saturated rings. The quantitative estimate of drug-likeness (QED) is 0.480. The highest BCUT2D eigenvalue weighted by molar-refractivity contribution is 6.34. The van der Waals surface area contributed by atoms with Crippen molar-refractivity contribution in [1.29, 1.82) is 0 Å². The summed E-state index contributed by atoms with van der Waals surface area (Å²) in [7, 11) is 0. The van der Waals surface area contributed by atoms with Crippen LogP contribution in [0.4, 0.5) is 0 Å². The summed E-state index contributed by atoms with van der Waals surface area (Å²) in [6.45, 7) is 6.00. The van der Waals surface area contributed by atoms with Gasteiger partial charge in [0.25, 0.3) is 0 Å². The van der Waals surface area contributed by atoms with Gasteiger partial charge in [0.2, 0.25) is 0 Å². The molecule has 0 bridgehead atoms. The van der Waals surface area contributed by atoms with Crippen LogP contribution in [0.2, 0.25) is 10.0 Å². The fraction of sp³-hybridized carbons (Fsp3) is 0.529. The summed E-state index contributed by atoms with van der Waals surface area (Å²) in [5, 5.41) is 0.784. The zero-order chi connectivity index (χ0) is 17.4. The van der Waals surface area contributed by atoms with Crippen LogP contribution in [0.25, 0.3) is 0 Å². The Morgan fingerprint density at radius 3 is 2.13 bits per heavy atom. The third kappa shape index (κ3) is 7.71. The van der Waals surface area contributed by atoms with E-state index in [0.29, 0.717) is 22.2 Å². The number of esters is 2. The Bertz CT molecular complexity index is 523. The fourth-order valence-corrected chi connectivity index (χ4v) is 2.57. The van der Waals surface area contributed by atoms with Crippen LogP contribution in [0.1, 0.15) is 46.5 Å². The van der Waals surface area contributed by atoms with E-state index >= 15 is 0 Å². The summed E-state index contributed by atoms with van der Waals surface area (Å²) < 4.78 is 10.5. The second-order valence-electron chi connectivity index (χ2n) is 5.61. The molecular formula is C17H22Cl2O4. The molecule has 23 heavy (non-hydrogen) atoms. The van der Waals surface area contributed by atoms with Gasteiger partial charge in [0.15, 0.2) is 0 Å². The van der Waals surface area contributed by atoms with Crippen LogP contribution in [0.3, 0.4) is 0 Å². The van der Waals surface area contributed by atoms with E-state index in [1.54, 1.807) is 6.07 Å². The first-order valence-electron chi connectivity index (χ1n) is 7.68. The van der Waals surface area contributed by atoms with E-state index in [4.69, 9.17) is 32.7 Å². The van der Waals surface area contributed by atoms with E-state index in [1.165, 1.54) is 12.1 Å². The minimum absolute atomic E-state index is 0.0805. The van der Waals surface area contributed by atoms with Crippen LogP contribution < -0.4 is 4.74 Å². The van der Waals surface area contributed by atoms with Gasteiger partial charge in [-0.05, 0) is 37.0 Å². The molecule has 0 amide bonds. The molecule has 1 aromatic rings. The van der Waals surface area contributed by atoms with Gasteiger partial charge in [-0.3, -0.25) is 9.59 Å². The zero-order valence-electron chi connectivity index (χ0n) is 13.6. The maximum atomic E-state index is 11.7. The van der Waals surface area contributed by atoms with Gasteiger partial charge >= 0.3 is 11.9 Å². The number of carbonyl (C=O) groups excluding carboxylic acids is 2. The van der Waals surface area contributed by atoms with Crippen molar-refractivity contribution in [3.63, 3.8) is 0 Å². The highest BCUT2D eigenvalue weighted by Crippen LogP contribution is 2.24. The summed E-state index contributed by atoms with van der Waals surface area (Å²) >= 11 is 11.7. The monoisotopic (exact) mass is 360 g/mol. The average Bonchev–Trinajstić information content (AvgIpc) is 2.43. The molecule has 1 aromatic carbocycles. The maximum Gasteiger partial charge on any atom is 0.311 e. The normalized spacial score (nSPS) is 12.1. The van der Waals surface area contributed by atoms with Crippen LogP contribution >= 0.6 is 23.2 Å². The summed E-state index contributed by atoms with van der Waals surface area (Å²) in [5.41, 5.74) is 0. The van der Waals surface area contributed by atoms with Crippen molar-refractivity contribution in [2.24, 2.45) is 5.92 Å². The van der Waals surface area contributed by atoms with E-state index < -0.39 is 5.97 Å². The Morgan fingerprint density at radius 1 is 1.04 bits per heavy atom. The standard InChI is InChI=1S/C17H22Cl2O4/c1-4-15(11(2)3)23-17(21)7-5-6-16(20)22-14-9-12(18)8-13(19)10-14/h8-11,15H,4-7H2,1-3H3. The minimum Gasteiger partial charge on any atom is -0.462 e. The zero-order valence-corrected chi connectivity index (χ0v) is 15.1. The lowest BCUT2D eigenvalue weighted by molar-refractivity contribution is -0.151. The topological polar surface area (TPSA) is 52.6 Å². The largest absolute Gasteiger partial charge is 0.462 e. The SMILES string of the molecule is CCC(OC(=O)CCCC(=O)Oc1cc(Cl)cc(Cl)c1)C(C)C. The predicted molar refractivity (Wildman–Crippen MR) is 91.0 cm³/mol. The number of hydrogen-bond donors (Lipinski definition) is 0. The van der Waals surface area contributed by atoms with Crippen LogP contribution in [0, 0.1) is 5.92 Å². The Morgan fingerprint density at radius 2 is 1.61 bits per heavy atom.